The van der Waals surface area contributed by atoms with Crippen LogP contribution in [0.15, 0.2) is 18.3 Å². The van der Waals surface area contributed by atoms with Gasteiger partial charge in [0.15, 0.2) is 0 Å². The highest BCUT2D eigenvalue weighted by atomic mass is 32.1. The minimum atomic E-state index is 0.969. The molecule has 0 aliphatic heterocycles. The van der Waals surface area contributed by atoms with Crippen LogP contribution in [-0.2, 0) is 0 Å². The molecule has 0 radical (unpaired) electrons. The van der Waals surface area contributed by atoms with Crippen LogP contribution in [0.1, 0.15) is 10.7 Å². The molecule has 0 saturated heterocycles. The van der Waals surface area contributed by atoms with Crippen LogP contribution in [0.2, 0.25) is 0 Å². The first-order valence-electron chi connectivity index (χ1n) is 3.84. The number of nitrogens with one attached hydrogen (secondary N) is 1. The van der Waals surface area contributed by atoms with Crippen LogP contribution in [0.5, 0.6) is 0 Å². The molecule has 0 bridgehead atoms. The van der Waals surface area contributed by atoms with Crippen LogP contribution in [0.4, 0.5) is 0 Å². The second-order valence-electron chi connectivity index (χ2n) is 2.79. The van der Waals surface area contributed by atoms with Crippen molar-refractivity contribution in [1.29, 1.82) is 0 Å². The molecule has 2 nitrogen and oxygen atoms in total. The maximum atomic E-state index is 4.15. The Bertz CT molecular complexity index is 348. The molecule has 0 aromatic carbocycles. The molecular weight excluding hydrogens is 168 g/mol. The molecule has 0 unspecified atom stereocenters. The summed E-state index contributed by atoms with van der Waals surface area (Å²) in [4.78, 5) is 9.95. The number of aromatic nitrogens is 2. The van der Waals surface area contributed by atoms with Crippen molar-refractivity contribution in [1.82, 2.24) is 9.97 Å². The van der Waals surface area contributed by atoms with Gasteiger partial charge in [-0.15, -0.1) is 11.3 Å². The van der Waals surface area contributed by atoms with Crippen molar-refractivity contribution in [2.45, 2.75) is 13.8 Å². The van der Waals surface area contributed by atoms with Crippen molar-refractivity contribution in [2.24, 2.45) is 0 Å². The Balaban J connectivity index is 2.43. The first kappa shape index (κ1) is 7.55. The van der Waals surface area contributed by atoms with E-state index in [1.165, 1.54) is 9.75 Å². The van der Waals surface area contributed by atoms with Gasteiger partial charge in [0.2, 0.25) is 0 Å². The molecule has 2 aromatic rings. The first-order chi connectivity index (χ1) is 5.75. The lowest BCUT2D eigenvalue weighted by Gasteiger charge is -1.87. The Hall–Kier alpha value is -1.09. The molecule has 2 aromatic heterocycles. The predicted molar refractivity (Wildman–Crippen MR) is 51.4 cm³/mol. The molecule has 0 aliphatic carbocycles. The van der Waals surface area contributed by atoms with Crippen LogP contribution in [0.3, 0.4) is 0 Å². The van der Waals surface area contributed by atoms with Crippen LogP contribution in [-0.4, -0.2) is 9.97 Å². The summed E-state index contributed by atoms with van der Waals surface area (Å²) in [7, 11) is 0. The minimum Gasteiger partial charge on any atom is -0.342 e. The summed E-state index contributed by atoms with van der Waals surface area (Å²) in [6.07, 6.45) is 1.88. The second kappa shape index (κ2) is 2.75. The first-order valence-corrected chi connectivity index (χ1v) is 4.66. The summed E-state index contributed by atoms with van der Waals surface area (Å²) in [5.41, 5.74) is 1.12. The molecule has 0 aliphatic rings. The zero-order valence-electron chi connectivity index (χ0n) is 7.09. The van der Waals surface area contributed by atoms with Crippen molar-refractivity contribution >= 4 is 11.3 Å². The van der Waals surface area contributed by atoms with Gasteiger partial charge in [-0.1, -0.05) is 0 Å². The van der Waals surface area contributed by atoms with E-state index in [-0.39, 0.29) is 0 Å². The average molecular weight is 178 g/mol. The van der Waals surface area contributed by atoms with E-state index in [9.17, 15) is 0 Å². The van der Waals surface area contributed by atoms with Gasteiger partial charge in [-0.25, -0.2) is 4.98 Å². The molecule has 0 fully saturated rings. The van der Waals surface area contributed by atoms with E-state index in [4.69, 9.17) is 0 Å². The third-order valence-corrected chi connectivity index (χ3v) is 2.74. The van der Waals surface area contributed by atoms with Gasteiger partial charge in [-0.05, 0) is 26.0 Å². The standard InChI is InChI=1S/C9H10N2S/c1-6-3-4-9(12-6)8-5-10-7(2)11-8/h3-5H,1-2H3,(H,10,11). The number of imidazole rings is 1. The monoisotopic (exact) mass is 178 g/mol. The summed E-state index contributed by atoms with van der Waals surface area (Å²) < 4.78 is 0. The molecule has 0 atom stereocenters. The highest BCUT2D eigenvalue weighted by molar-refractivity contribution is 7.15. The number of hydrogen-bond donors (Lipinski definition) is 1. The fourth-order valence-electron chi connectivity index (χ4n) is 1.13. The normalized spacial score (nSPS) is 10.5. The lowest BCUT2D eigenvalue weighted by Crippen LogP contribution is -1.71. The number of aromatic amines is 1. The molecule has 2 heterocycles. The van der Waals surface area contributed by atoms with Gasteiger partial charge in [0.25, 0.3) is 0 Å². The fraction of sp³-hybridized carbons (Fsp3) is 0.222. The van der Waals surface area contributed by atoms with Gasteiger partial charge in [0.05, 0.1) is 16.8 Å². The Morgan fingerprint density at radius 3 is 2.67 bits per heavy atom. The van der Waals surface area contributed by atoms with Crippen molar-refractivity contribution in [2.75, 3.05) is 0 Å². The molecule has 3 heteroatoms. The average Bonchev–Trinajstić information content (AvgIpc) is 2.58. The zero-order valence-corrected chi connectivity index (χ0v) is 7.90. The molecule has 0 spiro atoms. The molecular formula is C9H10N2S. The highest BCUT2D eigenvalue weighted by Gasteiger charge is 2.01. The van der Waals surface area contributed by atoms with Crippen molar-refractivity contribution in [3.8, 4) is 10.6 Å². The van der Waals surface area contributed by atoms with E-state index >= 15 is 0 Å². The number of thiophene rings is 1. The van der Waals surface area contributed by atoms with E-state index in [2.05, 4.69) is 29.0 Å². The topological polar surface area (TPSA) is 28.7 Å². The van der Waals surface area contributed by atoms with Gasteiger partial charge in [0.1, 0.15) is 5.82 Å². The number of aryl methyl sites for hydroxylation is 2. The molecule has 12 heavy (non-hydrogen) atoms. The van der Waals surface area contributed by atoms with Crippen LogP contribution in [0, 0.1) is 13.8 Å². The molecule has 0 saturated carbocycles. The van der Waals surface area contributed by atoms with E-state index in [0.29, 0.717) is 0 Å². The van der Waals surface area contributed by atoms with Crippen molar-refractivity contribution in [3.05, 3.63) is 29.0 Å². The van der Waals surface area contributed by atoms with Crippen LogP contribution >= 0.6 is 11.3 Å². The maximum absolute atomic E-state index is 4.15. The van der Waals surface area contributed by atoms with Gasteiger partial charge in [0, 0.05) is 4.88 Å². The summed E-state index contributed by atoms with van der Waals surface area (Å²) in [6, 6.07) is 4.24. The Morgan fingerprint density at radius 2 is 2.17 bits per heavy atom. The minimum absolute atomic E-state index is 0.969. The number of rotatable bonds is 1. The van der Waals surface area contributed by atoms with Gasteiger partial charge in [-0.3, -0.25) is 0 Å². The van der Waals surface area contributed by atoms with Gasteiger partial charge in [-0.2, -0.15) is 0 Å². The zero-order chi connectivity index (χ0) is 8.55. The predicted octanol–water partition coefficient (Wildman–Crippen LogP) is 2.76. The number of nitrogens with zero attached hydrogens (tertiary/aromatic N) is 1. The Kier molecular flexibility index (Phi) is 1.73. The third kappa shape index (κ3) is 1.28. The van der Waals surface area contributed by atoms with Crippen LogP contribution < -0.4 is 0 Å². The maximum Gasteiger partial charge on any atom is 0.103 e. The van der Waals surface area contributed by atoms with E-state index in [0.717, 1.165) is 11.5 Å². The summed E-state index contributed by atoms with van der Waals surface area (Å²) >= 11 is 1.78. The van der Waals surface area contributed by atoms with Crippen molar-refractivity contribution in [3.63, 3.8) is 0 Å². The van der Waals surface area contributed by atoms with Gasteiger partial charge >= 0.3 is 0 Å². The van der Waals surface area contributed by atoms with E-state index in [1.807, 2.05) is 13.1 Å². The molecule has 2 rings (SSSR count). The molecule has 62 valence electrons. The quantitative estimate of drug-likeness (QED) is 0.714. The second-order valence-corrected chi connectivity index (χ2v) is 4.08. The summed E-state index contributed by atoms with van der Waals surface area (Å²) in [5, 5.41) is 0. The van der Waals surface area contributed by atoms with Crippen LogP contribution in [0.25, 0.3) is 10.6 Å². The Morgan fingerprint density at radius 1 is 1.33 bits per heavy atom. The third-order valence-electron chi connectivity index (χ3n) is 1.71. The molecule has 1 N–H and O–H groups in total. The van der Waals surface area contributed by atoms with E-state index in [1.54, 1.807) is 11.3 Å². The fourth-order valence-corrected chi connectivity index (χ4v) is 1.96. The smallest absolute Gasteiger partial charge is 0.103 e. The Labute approximate surface area is 75.3 Å². The lowest BCUT2D eigenvalue weighted by molar-refractivity contribution is 1.15. The highest BCUT2D eigenvalue weighted by Crippen LogP contribution is 2.25. The van der Waals surface area contributed by atoms with E-state index < -0.39 is 0 Å². The largest absolute Gasteiger partial charge is 0.342 e. The number of H-pyrrole nitrogens is 1. The van der Waals surface area contributed by atoms with Crippen molar-refractivity contribution < 1.29 is 0 Å². The lowest BCUT2D eigenvalue weighted by atomic mass is 10.4. The summed E-state index contributed by atoms with van der Waals surface area (Å²) in [5.74, 6) is 0.969. The SMILES string of the molecule is Cc1ncc(-c2ccc(C)s2)[nH]1. The summed E-state index contributed by atoms with van der Waals surface area (Å²) in [6.45, 7) is 4.07. The van der Waals surface area contributed by atoms with Gasteiger partial charge < -0.3 is 4.98 Å². The number of hydrogen-bond acceptors (Lipinski definition) is 2. The molecule has 0 amide bonds.